The predicted molar refractivity (Wildman–Crippen MR) is 93.1 cm³/mol. The summed E-state index contributed by atoms with van der Waals surface area (Å²) < 4.78 is 2.26. The van der Waals surface area contributed by atoms with Crippen molar-refractivity contribution in [2.24, 2.45) is 5.10 Å². The maximum atomic E-state index is 12.0. The molecular weight excluding hydrogens is 310 g/mol. The van der Waals surface area contributed by atoms with Gasteiger partial charge >= 0.3 is 0 Å². The number of hydrogen-bond donors (Lipinski definition) is 1. The number of benzene rings is 1. The number of hydrogen-bond acceptors (Lipinski definition) is 2. The van der Waals surface area contributed by atoms with E-state index in [9.17, 15) is 4.79 Å². The molecule has 0 radical (unpaired) electrons. The lowest BCUT2D eigenvalue weighted by Gasteiger charge is -2.23. The van der Waals surface area contributed by atoms with Gasteiger partial charge in [-0.1, -0.05) is 43.0 Å². The van der Waals surface area contributed by atoms with Crippen LogP contribution in [0, 0.1) is 0 Å². The largest absolute Gasteiger partial charge is 0.351 e. The van der Waals surface area contributed by atoms with E-state index in [0.29, 0.717) is 16.6 Å². The van der Waals surface area contributed by atoms with Gasteiger partial charge in [-0.25, -0.2) is 5.43 Å². The van der Waals surface area contributed by atoms with Gasteiger partial charge in [0.2, 0.25) is 0 Å². The van der Waals surface area contributed by atoms with E-state index in [1.54, 1.807) is 30.5 Å². The van der Waals surface area contributed by atoms with Gasteiger partial charge in [-0.15, -0.1) is 0 Å². The monoisotopic (exact) mass is 329 g/mol. The maximum absolute atomic E-state index is 12.0. The normalized spacial score (nSPS) is 15.9. The maximum Gasteiger partial charge on any atom is 0.272 e. The smallest absolute Gasteiger partial charge is 0.272 e. The Labute approximate surface area is 141 Å². The summed E-state index contributed by atoms with van der Waals surface area (Å²) in [6, 6.07) is 9.53. The number of carbonyl (C=O) groups excluding carboxylic acids is 1. The fourth-order valence-corrected chi connectivity index (χ4v) is 3.21. The van der Waals surface area contributed by atoms with Crippen LogP contribution in [-0.2, 0) is 0 Å². The molecule has 1 aromatic carbocycles. The van der Waals surface area contributed by atoms with Gasteiger partial charge in [0.15, 0.2) is 0 Å². The first-order valence-corrected chi connectivity index (χ1v) is 8.37. The van der Waals surface area contributed by atoms with Crippen molar-refractivity contribution in [3.63, 3.8) is 0 Å². The van der Waals surface area contributed by atoms with Crippen LogP contribution in [0.5, 0.6) is 0 Å². The minimum Gasteiger partial charge on any atom is -0.351 e. The van der Waals surface area contributed by atoms with Gasteiger partial charge in [0.05, 0.1) is 16.8 Å². The molecule has 3 rings (SSSR count). The molecule has 1 aliphatic rings. The molecule has 0 spiro atoms. The van der Waals surface area contributed by atoms with E-state index in [2.05, 4.69) is 27.5 Å². The number of carbonyl (C=O) groups is 1. The molecule has 1 saturated carbocycles. The molecule has 0 unspecified atom stereocenters. The molecule has 0 bridgehead atoms. The van der Waals surface area contributed by atoms with Crippen LogP contribution in [0.4, 0.5) is 0 Å². The second-order valence-corrected chi connectivity index (χ2v) is 6.27. The lowest BCUT2D eigenvalue weighted by Crippen LogP contribution is -2.17. The second-order valence-electron chi connectivity index (χ2n) is 5.86. The molecule has 4 nitrogen and oxygen atoms in total. The fourth-order valence-electron chi connectivity index (χ4n) is 2.98. The van der Waals surface area contributed by atoms with Crippen molar-refractivity contribution in [1.82, 2.24) is 9.99 Å². The first-order valence-electron chi connectivity index (χ1n) is 7.99. The molecule has 1 fully saturated rings. The van der Waals surface area contributed by atoms with E-state index in [0.717, 1.165) is 5.56 Å². The fraction of sp³-hybridized carbons (Fsp3) is 0.333. The molecule has 1 aromatic heterocycles. The minimum atomic E-state index is -0.307. The molecule has 0 saturated heterocycles. The highest BCUT2D eigenvalue weighted by Gasteiger charge is 2.14. The summed E-state index contributed by atoms with van der Waals surface area (Å²) >= 11 is 5.99. The van der Waals surface area contributed by atoms with Crippen LogP contribution in [-0.4, -0.2) is 16.7 Å². The highest BCUT2D eigenvalue weighted by Crippen LogP contribution is 2.28. The number of hydrazone groups is 1. The second kappa shape index (κ2) is 7.47. The van der Waals surface area contributed by atoms with Crippen molar-refractivity contribution in [2.45, 2.75) is 38.1 Å². The van der Waals surface area contributed by atoms with Crippen LogP contribution < -0.4 is 5.43 Å². The van der Waals surface area contributed by atoms with Crippen molar-refractivity contribution in [1.29, 1.82) is 0 Å². The Hall–Kier alpha value is -2.07. The van der Waals surface area contributed by atoms with Crippen LogP contribution in [0.25, 0.3) is 0 Å². The van der Waals surface area contributed by atoms with Gasteiger partial charge in [0.1, 0.15) is 0 Å². The van der Waals surface area contributed by atoms with E-state index in [4.69, 9.17) is 11.6 Å². The number of aromatic nitrogens is 1. The average molecular weight is 330 g/mol. The van der Waals surface area contributed by atoms with E-state index in [-0.39, 0.29) is 5.91 Å². The molecule has 23 heavy (non-hydrogen) atoms. The van der Waals surface area contributed by atoms with Gasteiger partial charge in [-0.05, 0) is 31.0 Å². The van der Waals surface area contributed by atoms with Crippen LogP contribution in [0.1, 0.15) is 54.1 Å². The van der Waals surface area contributed by atoms with E-state index < -0.39 is 0 Å². The predicted octanol–water partition coefficient (Wildman–Crippen LogP) is 4.41. The Balaban J connectivity index is 1.59. The lowest BCUT2D eigenvalue weighted by atomic mass is 9.95. The first kappa shape index (κ1) is 15.8. The Morgan fingerprint density at radius 2 is 2.00 bits per heavy atom. The van der Waals surface area contributed by atoms with Crippen LogP contribution >= 0.6 is 11.6 Å². The number of nitrogens with zero attached hydrogens (tertiary/aromatic N) is 2. The Kier molecular flexibility index (Phi) is 5.13. The summed E-state index contributed by atoms with van der Waals surface area (Å²) in [6.45, 7) is 0. The number of nitrogens with one attached hydrogen (secondary N) is 1. The van der Waals surface area contributed by atoms with E-state index >= 15 is 0 Å². The van der Waals surface area contributed by atoms with Gasteiger partial charge in [-0.3, -0.25) is 4.79 Å². The third-order valence-electron chi connectivity index (χ3n) is 4.23. The molecule has 1 heterocycles. The molecular formula is C18H20ClN3O. The molecule has 0 aliphatic heterocycles. The van der Waals surface area contributed by atoms with E-state index in [1.807, 2.05) is 6.07 Å². The lowest BCUT2D eigenvalue weighted by molar-refractivity contribution is 0.0955. The summed E-state index contributed by atoms with van der Waals surface area (Å²) in [5.41, 5.74) is 3.92. The summed E-state index contributed by atoms with van der Waals surface area (Å²) in [5, 5.41) is 4.44. The Morgan fingerprint density at radius 1 is 1.22 bits per heavy atom. The average Bonchev–Trinajstić information content (AvgIpc) is 3.05. The molecule has 2 aromatic rings. The van der Waals surface area contributed by atoms with Crippen molar-refractivity contribution in [3.8, 4) is 0 Å². The zero-order chi connectivity index (χ0) is 16.1. The summed E-state index contributed by atoms with van der Waals surface area (Å²) in [7, 11) is 0. The third-order valence-corrected chi connectivity index (χ3v) is 4.56. The highest BCUT2D eigenvalue weighted by atomic mass is 35.5. The van der Waals surface area contributed by atoms with Crippen molar-refractivity contribution in [2.75, 3.05) is 0 Å². The summed E-state index contributed by atoms with van der Waals surface area (Å²) in [4.78, 5) is 12.0. The zero-order valence-corrected chi connectivity index (χ0v) is 13.7. The first-order chi connectivity index (χ1) is 11.2. The van der Waals surface area contributed by atoms with Gasteiger partial charge in [0.25, 0.3) is 5.91 Å². The Morgan fingerprint density at radius 3 is 2.78 bits per heavy atom. The van der Waals surface area contributed by atoms with Crippen molar-refractivity contribution in [3.05, 3.63) is 58.9 Å². The van der Waals surface area contributed by atoms with Crippen molar-refractivity contribution >= 4 is 23.7 Å². The highest BCUT2D eigenvalue weighted by molar-refractivity contribution is 6.33. The topological polar surface area (TPSA) is 46.4 Å². The summed E-state index contributed by atoms with van der Waals surface area (Å²) in [6.07, 6.45) is 12.3. The molecule has 0 atom stereocenters. The number of halogens is 1. The summed E-state index contributed by atoms with van der Waals surface area (Å²) in [5.74, 6) is -0.307. The minimum absolute atomic E-state index is 0.307. The number of rotatable bonds is 4. The van der Waals surface area contributed by atoms with Crippen LogP contribution in [0.2, 0.25) is 5.02 Å². The van der Waals surface area contributed by atoms with Gasteiger partial charge in [-0.2, -0.15) is 5.10 Å². The van der Waals surface area contributed by atoms with Crippen LogP contribution in [0.3, 0.4) is 0 Å². The van der Waals surface area contributed by atoms with Gasteiger partial charge in [0, 0.05) is 24.0 Å². The van der Waals surface area contributed by atoms with Crippen LogP contribution in [0.15, 0.2) is 47.8 Å². The molecule has 120 valence electrons. The van der Waals surface area contributed by atoms with Crippen molar-refractivity contribution < 1.29 is 4.79 Å². The zero-order valence-electron chi connectivity index (χ0n) is 12.9. The molecule has 5 heteroatoms. The van der Waals surface area contributed by atoms with Gasteiger partial charge < -0.3 is 4.57 Å². The quantitative estimate of drug-likeness (QED) is 0.655. The standard InChI is InChI=1S/C18H20ClN3O/c19-17-9-5-4-8-16(17)18(23)21-20-12-14-10-11-22(13-14)15-6-2-1-3-7-15/h4-5,8-13,15H,1-3,6-7H2,(H,21,23)/b20-12-. The SMILES string of the molecule is O=C(N/N=C\c1ccn(C2CCCCC2)c1)c1ccccc1Cl. The Bertz CT molecular complexity index is 702. The van der Waals surface area contributed by atoms with E-state index in [1.165, 1.54) is 32.1 Å². The number of amides is 1. The molecule has 1 amide bonds. The molecule has 1 N–H and O–H groups in total. The third kappa shape index (κ3) is 4.02. The molecule has 1 aliphatic carbocycles.